The molecule has 4 rings (SSSR count). The van der Waals surface area contributed by atoms with Gasteiger partial charge < -0.3 is 9.26 Å². The van der Waals surface area contributed by atoms with Gasteiger partial charge in [0.15, 0.2) is 5.82 Å². The van der Waals surface area contributed by atoms with E-state index < -0.39 is 31.6 Å². The lowest BCUT2D eigenvalue weighted by molar-refractivity contribution is 0.0333. The van der Waals surface area contributed by atoms with Crippen LogP contribution in [0.1, 0.15) is 35.8 Å². The van der Waals surface area contributed by atoms with Crippen LogP contribution in [-0.2, 0) is 25.0 Å². The van der Waals surface area contributed by atoms with Gasteiger partial charge in [-0.3, -0.25) is 18.6 Å². The summed E-state index contributed by atoms with van der Waals surface area (Å²) in [5.41, 5.74) is 2.42. The zero-order chi connectivity index (χ0) is 22.8. The van der Waals surface area contributed by atoms with Gasteiger partial charge in [0.05, 0.1) is 12.8 Å². The number of hydrogen-bond acceptors (Lipinski definition) is 7. The van der Waals surface area contributed by atoms with Gasteiger partial charge in [0, 0.05) is 18.1 Å². The first kappa shape index (κ1) is 23.9. The van der Waals surface area contributed by atoms with E-state index in [0.717, 1.165) is 27.5 Å². The number of nitrogens with zero attached hydrogens (tertiary/aromatic N) is 1. The van der Waals surface area contributed by atoms with Crippen LogP contribution >= 0.6 is 20.0 Å². The van der Waals surface area contributed by atoms with Crippen molar-refractivity contribution in [3.05, 3.63) is 56.0 Å². The Labute approximate surface area is 186 Å². The lowest BCUT2D eigenvalue weighted by Crippen LogP contribution is -2.27. The minimum atomic E-state index is -3.51. The first-order valence-corrected chi connectivity index (χ1v) is 11.3. The molecule has 1 aromatic heterocycles. The van der Waals surface area contributed by atoms with Crippen molar-refractivity contribution in [3.8, 4) is 5.75 Å². The van der Waals surface area contributed by atoms with E-state index in [0.29, 0.717) is 18.6 Å². The van der Waals surface area contributed by atoms with Gasteiger partial charge in [-0.15, -0.1) is 0 Å². The number of hydrogen-bond donors (Lipinski definition) is 1. The van der Waals surface area contributed by atoms with Gasteiger partial charge in [0.2, 0.25) is 0 Å². The van der Waals surface area contributed by atoms with Crippen molar-refractivity contribution >= 4 is 35.7 Å². The highest BCUT2D eigenvalue weighted by Gasteiger charge is 2.34. The van der Waals surface area contributed by atoms with Crippen LogP contribution in [0.2, 0.25) is 0 Å². The third-order valence-corrected chi connectivity index (χ3v) is 6.19. The molecular weight excluding hydrogens is 444 g/mol. The van der Waals surface area contributed by atoms with Crippen molar-refractivity contribution in [2.75, 3.05) is 6.51 Å². The van der Waals surface area contributed by atoms with E-state index in [1.54, 1.807) is 0 Å². The summed E-state index contributed by atoms with van der Waals surface area (Å²) in [6, 6.07) is 3.50. The molecule has 4 radical (unpaired) electrons. The molecule has 1 saturated heterocycles. The molecule has 0 saturated carbocycles. The molecule has 0 amide bonds. The van der Waals surface area contributed by atoms with E-state index in [-0.39, 0.29) is 17.8 Å². The number of aryl methyl sites for hydroxylation is 2. The van der Waals surface area contributed by atoms with Gasteiger partial charge in [-0.05, 0) is 32.3 Å². The Bertz CT molecular complexity index is 1130. The molecule has 1 N–H and O–H groups in total. The summed E-state index contributed by atoms with van der Waals surface area (Å²) in [6.07, 6.45) is 1.78. The molecule has 162 valence electrons. The normalized spacial score (nSPS) is 24.6. The van der Waals surface area contributed by atoms with Crippen molar-refractivity contribution < 1.29 is 27.3 Å². The van der Waals surface area contributed by atoms with Gasteiger partial charge in [-0.2, -0.15) is 0 Å². The maximum Gasteiger partial charge on any atom is 0.529 e. The first-order chi connectivity index (χ1) is 14.6. The number of aromatic amines is 1. The Balaban J connectivity index is 0.000000176. The van der Waals surface area contributed by atoms with Crippen molar-refractivity contribution in [1.82, 2.24) is 9.55 Å². The van der Waals surface area contributed by atoms with Crippen LogP contribution in [0.5, 0.6) is 5.75 Å². The number of ether oxygens (including phenoxy) is 1. The second kappa shape index (κ2) is 9.83. The lowest BCUT2D eigenvalue weighted by atomic mass is 9.98. The molecule has 0 bridgehead atoms. The third-order valence-electron chi connectivity index (χ3n) is 4.57. The van der Waals surface area contributed by atoms with Crippen LogP contribution in [0.3, 0.4) is 0 Å². The first-order valence-electron chi connectivity index (χ1n) is 9.43. The summed E-state index contributed by atoms with van der Waals surface area (Å²) < 4.78 is 46.3. The van der Waals surface area contributed by atoms with Crippen molar-refractivity contribution in [2.24, 2.45) is 0 Å². The Morgan fingerprint density at radius 1 is 1.39 bits per heavy atom. The summed E-state index contributed by atoms with van der Waals surface area (Å²) in [5, 5.41) is 0. The molecule has 13 heteroatoms. The Kier molecular flexibility index (Phi) is 7.59. The highest BCUT2D eigenvalue weighted by molar-refractivity contribution is 7.71. The average molecular weight is 464 g/mol. The predicted molar refractivity (Wildman–Crippen MR) is 115 cm³/mol. The number of phosphoric ester groups is 1. The van der Waals surface area contributed by atoms with Gasteiger partial charge in [0.25, 0.3) is 0 Å². The van der Waals surface area contributed by atoms with E-state index in [2.05, 4.69) is 17.2 Å². The van der Waals surface area contributed by atoms with E-state index in [9.17, 15) is 13.8 Å². The number of phosphoric acid groups is 1. The number of H-pyrrole nitrogens is 1. The van der Waals surface area contributed by atoms with Gasteiger partial charge in [-0.25, -0.2) is 13.8 Å². The van der Waals surface area contributed by atoms with Crippen molar-refractivity contribution in [1.29, 1.82) is 0 Å². The number of rotatable bonds is 3. The quantitative estimate of drug-likeness (QED) is 0.424. The summed E-state index contributed by atoms with van der Waals surface area (Å²) in [5.74, 6) is -0.0673. The number of halogens is 1. The molecule has 2 aromatic rings. The second-order valence-corrected chi connectivity index (χ2v) is 9.03. The Morgan fingerprint density at radius 3 is 2.77 bits per heavy atom. The fourth-order valence-corrected chi connectivity index (χ4v) is 4.53. The lowest BCUT2D eigenvalue weighted by Gasteiger charge is -2.26. The van der Waals surface area contributed by atoms with E-state index in [4.69, 9.17) is 34.0 Å². The monoisotopic (exact) mass is 464 g/mol. The fraction of sp³-hybridized carbons (Fsp3) is 0.444. The van der Waals surface area contributed by atoms with Gasteiger partial charge in [0.1, 0.15) is 32.3 Å². The van der Waals surface area contributed by atoms with Crippen LogP contribution < -0.4 is 10.2 Å². The molecule has 1 aromatic carbocycles. The Hall–Kier alpha value is -1.71. The van der Waals surface area contributed by atoms with Crippen LogP contribution in [0.4, 0.5) is 4.39 Å². The predicted octanol–water partition coefficient (Wildman–Crippen LogP) is 3.31. The standard InChI is InChI=1S/C10H12BO4P.C8H8BFN2O2S/c1-7-3-8(2)10-9(4-7)5-13-16(12,15-10)14-6-11;9-5-1-2-6(14-5)12-3-4(10)7(15)11-8(12)13/h3-4H,5-6H2,1-2H3;3,5-6H,1-2H2,(H,11,13,15)/t;5-,6?/m.0/s1. The van der Waals surface area contributed by atoms with Gasteiger partial charge >= 0.3 is 13.5 Å². The minimum Gasteiger partial charge on any atom is -0.403 e. The van der Waals surface area contributed by atoms with Gasteiger partial charge in [-0.1, -0.05) is 29.9 Å². The van der Waals surface area contributed by atoms with Crippen LogP contribution in [0.25, 0.3) is 0 Å². The third kappa shape index (κ3) is 5.75. The fourth-order valence-electron chi connectivity index (χ4n) is 3.25. The molecule has 0 aliphatic carbocycles. The smallest absolute Gasteiger partial charge is 0.403 e. The summed E-state index contributed by atoms with van der Waals surface area (Å²) >= 11 is 4.59. The molecule has 3 atom stereocenters. The number of nitrogens with one attached hydrogen (secondary N) is 1. The topological polar surface area (TPSA) is 91.8 Å². The molecule has 31 heavy (non-hydrogen) atoms. The average Bonchev–Trinajstić information content (AvgIpc) is 3.12. The zero-order valence-electron chi connectivity index (χ0n) is 17.0. The molecular formula is C18H20B2FN2O6PS. The van der Waals surface area contributed by atoms with E-state index >= 15 is 0 Å². The number of fused-ring (bicyclic) bond motifs is 1. The Morgan fingerprint density at radius 2 is 2.13 bits per heavy atom. The maximum absolute atomic E-state index is 13.1. The zero-order valence-corrected chi connectivity index (χ0v) is 18.7. The summed E-state index contributed by atoms with van der Waals surface area (Å²) in [6.45, 7) is 3.90. The summed E-state index contributed by atoms with van der Waals surface area (Å²) in [4.78, 5) is 13.7. The molecule has 8 nitrogen and oxygen atoms in total. The number of aromatic nitrogens is 2. The minimum absolute atomic E-state index is 0.196. The molecule has 0 spiro atoms. The van der Waals surface area contributed by atoms with Crippen molar-refractivity contribution in [2.45, 2.75) is 45.5 Å². The molecule has 1 fully saturated rings. The van der Waals surface area contributed by atoms with E-state index in [1.807, 2.05) is 26.0 Å². The second-order valence-electron chi connectivity index (χ2n) is 7.03. The highest BCUT2D eigenvalue weighted by atomic mass is 32.1. The van der Waals surface area contributed by atoms with Crippen LogP contribution in [0, 0.1) is 24.3 Å². The maximum atomic E-state index is 13.1. The van der Waals surface area contributed by atoms with Crippen LogP contribution in [-0.4, -0.2) is 37.8 Å². The number of benzene rings is 1. The SMILES string of the molecule is [B]COP1(=O)OCc2cc(C)cc(C)c2O1.[B][C@@H]1CCC(n2cc(F)c(=S)[nH]c2=O)O1. The highest BCUT2D eigenvalue weighted by Crippen LogP contribution is 2.55. The molecule has 2 aliphatic rings. The van der Waals surface area contributed by atoms with Crippen LogP contribution in [0.15, 0.2) is 23.1 Å². The van der Waals surface area contributed by atoms with E-state index in [1.165, 1.54) is 0 Å². The molecule has 2 aliphatic heterocycles. The molecule has 2 unspecified atom stereocenters. The largest absolute Gasteiger partial charge is 0.529 e. The molecule has 3 heterocycles. The summed E-state index contributed by atoms with van der Waals surface area (Å²) in [7, 11) is 7.18. The van der Waals surface area contributed by atoms with Crippen molar-refractivity contribution in [3.63, 3.8) is 0 Å².